The van der Waals surface area contributed by atoms with Gasteiger partial charge in [0.1, 0.15) is 11.5 Å². The second kappa shape index (κ2) is 8.62. The van der Waals surface area contributed by atoms with E-state index in [-0.39, 0.29) is 24.2 Å². The lowest BCUT2D eigenvalue weighted by Crippen LogP contribution is -2.48. The van der Waals surface area contributed by atoms with Crippen LogP contribution >= 0.6 is 0 Å². The molecule has 3 nitrogen and oxygen atoms in total. The molecule has 0 spiro atoms. The summed E-state index contributed by atoms with van der Waals surface area (Å²) in [4.78, 5) is 13.7. The van der Waals surface area contributed by atoms with Gasteiger partial charge in [-0.3, -0.25) is 9.69 Å². The summed E-state index contributed by atoms with van der Waals surface area (Å²) < 4.78 is 33.9. The molecule has 5 heteroatoms. The number of Topliss-reactive ketones (excluding diaryl/α,β-unsaturated/α-hetero) is 1. The number of nitrogens with zero attached hydrogens (tertiary/aromatic N) is 1. The van der Waals surface area contributed by atoms with E-state index < -0.39 is 11.8 Å². The molecule has 1 aliphatic heterocycles. The molecule has 1 aliphatic carbocycles. The molecule has 1 saturated heterocycles. The Hall–Kier alpha value is -2.01. The summed E-state index contributed by atoms with van der Waals surface area (Å²) >= 11 is 0. The van der Waals surface area contributed by atoms with Gasteiger partial charge in [-0.05, 0) is 67.1 Å². The molecule has 1 heterocycles. The van der Waals surface area contributed by atoms with Crippen LogP contribution in [0, 0.1) is 11.8 Å². The van der Waals surface area contributed by atoms with Crippen molar-refractivity contribution in [1.29, 1.82) is 0 Å². The van der Waals surface area contributed by atoms with Crippen LogP contribution < -0.4 is 4.74 Å². The largest absolute Gasteiger partial charge is 0.490 e. The summed E-state index contributed by atoms with van der Waals surface area (Å²) in [5.41, 5.74) is 1.24. The number of ether oxygens (including phenoxy) is 1. The van der Waals surface area contributed by atoms with Gasteiger partial charge >= 0.3 is 0 Å². The third kappa shape index (κ3) is 4.66. The molecular formula is C25H31F2NO2. The van der Waals surface area contributed by atoms with Gasteiger partial charge in [0.05, 0.1) is 6.10 Å². The van der Waals surface area contributed by atoms with E-state index >= 15 is 0 Å². The number of alkyl halides is 2. The van der Waals surface area contributed by atoms with Gasteiger partial charge in [0.25, 0.3) is 5.92 Å². The Morgan fingerprint density at radius 3 is 2.40 bits per heavy atom. The Labute approximate surface area is 177 Å². The fourth-order valence-electron chi connectivity index (χ4n) is 4.74. The number of hydrogen-bond acceptors (Lipinski definition) is 3. The zero-order valence-electron chi connectivity index (χ0n) is 17.9. The van der Waals surface area contributed by atoms with Gasteiger partial charge in [-0.15, -0.1) is 0 Å². The predicted molar refractivity (Wildman–Crippen MR) is 115 cm³/mol. The monoisotopic (exact) mass is 415 g/mol. The van der Waals surface area contributed by atoms with Crippen molar-refractivity contribution < 1.29 is 18.3 Å². The lowest BCUT2D eigenvalue weighted by atomic mass is 9.82. The molecule has 1 saturated carbocycles. The number of fused-ring (bicyclic) bond motifs is 1. The number of carbonyl (C=O) groups is 1. The van der Waals surface area contributed by atoms with Crippen LogP contribution in [0.3, 0.4) is 0 Å². The van der Waals surface area contributed by atoms with Crippen LogP contribution in [0.1, 0.15) is 51.5 Å². The molecule has 0 amide bonds. The molecule has 2 aliphatic rings. The minimum absolute atomic E-state index is 0.0197. The number of rotatable bonds is 7. The predicted octanol–water partition coefficient (Wildman–Crippen LogP) is 5.84. The number of carbonyl (C=O) groups excluding carboxylic acids is 1. The van der Waals surface area contributed by atoms with Crippen molar-refractivity contribution in [3.05, 3.63) is 42.0 Å². The highest BCUT2D eigenvalue weighted by Crippen LogP contribution is 2.39. The zero-order chi connectivity index (χ0) is 21.3. The van der Waals surface area contributed by atoms with Gasteiger partial charge in [0.15, 0.2) is 0 Å². The number of benzene rings is 2. The summed E-state index contributed by atoms with van der Waals surface area (Å²) in [6.45, 7) is 5.81. The smallest absolute Gasteiger partial charge is 0.250 e. The Kier molecular flexibility index (Phi) is 6.10. The third-order valence-electron chi connectivity index (χ3n) is 6.86. The van der Waals surface area contributed by atoms with E-state index in [1.807, 2.05) is 12.1 Å². The maximum atomic E-state index is 13.9. The summed E-state index contributed by atoms with van der Waals surface area (Å²) in [7, 11) is 0. The van der Waals surface area contributed by atoms with Crippen molar-refractivity contribution in [3.8, 4) is 5.75 Å². The Bertz CT molecular complexity index is 899. The first-order valence-corrected chi connectivity index (χ1v) is 11.1. The average Bonchev–Trinajstić information content (AvgIpc) is 2.70. The van der Waals surface area contributed by atoms with Gasteiger partial charge in [0.2, 0.25) is 0 Å². The molecule has 162 valence electrons. The van der Waals surface area contributed by atoms with Crippen molar-refractivity contribution in [2.45, 2.75) is 64.5 Å². The lowest BCUT2D eigenvalue weighted by molar-refractivity contribution is -0.126. The molecule has 0 N–H and O–H groups in total. The first-order chi connectivity index (χ1) is 14.3. The Balaban J connectivity index is 1.34. The van der Waals surface area contributed by atoms with Crippen molar-refractivity contribution in [2.75, 3.05) is 13.1 Å². The SMILES string of the molecule is CCC(F)(F)C1CCC(Oc2ccc3cc(CN4CC(C(C)=O)C4)ccc3c2)CC1. The average molecular weight is 416 g/mol. The molecule has 4 rings (SSSR count). The van der Waals surface area contributed by atoms with E-state index in [9.17, 15) is 13.6 Å². The van der Waals surface area contributed by atoms with Gasteiger partial charge in [0, 0.05) is 37.9 Å². The maximum absolute atomic E-state index is 13.9. The lowest BCUT2D eigenvalue weighted by Gasteiger charge is -2.37. The van der Waals surface area contributed by atoms with E-state index in [0.717, 1.165) is 36.2 Å². The van der Waals surface area contributed by atoms with Crippen molar-refractivity contribution in [2.24, 2.45) is 11.8 Å². The van der Waals surface area contributed by atoms with E-state index in [2.05, 4.69) is 29.2 Å². The Morgan fingerprint density at radius 1 is 1.07 bits per heavy atom. The molecule has 2 fully saturated rings. The molecule has 0 unspecified atom stereocenters. The van der Waals surface area contributed by atoms with Crippen molar-refractivity contribution >= 4 is 16.6 Å². The van der Waals surface area contributed by atoms with E-state index in [4.69, 9.17) is 4.74 Å². The summed E-state index contributed by atoms with van der Waals surface area (Å²) in [6, 6.07) is 12.5. The highest BCUT2D eigenvalue weighted by molar-refractivity contribution is 5.84. The standard InChI is InChI=1S/C25H31F2NO2/c1-3-25(26,27)22-7-10-23(11-8-22)30-24-9-6-19-12-18(4-5-20(19)13-24)14-28-15-21(16-28)17(2)29/h4-6,9,12-13,21-23H,3,7-8,10-11,14-16H2,1-2H3. The number of halogens is 2. The summed E-state index contributed by atoms with van der Waals surface area (Å²) in [5.74, 6) is -1.75. The fourth-order valence-corrected chi connectivity index (χ4v) is 4.74. The molecular weight excluding hydrogens is 384 g/mol. The molecule has 30 heavy (non-hydrogen) atoms. The Morgan fingerprint density at radius 2 is 1.73 bits per heavy atom. The van der Waals surface area contributed by atoms with E-state index in [1.165, 1.54) is 5.56 Å². The van der Waals surface area contributed by atoms with Gasteiger partial charge in [-0.2, -0.15) is 0 Å². The number of ketones is 1. The highest BCUT2D eigenvalue weighted by atomic mass is 19.3. The van der Waals surface area contributed by atoms with Crippen LogP contribution in [0.5, 0.6) is 5.75 Å². The van der Waals surface area contributed by atoms with Crippen LogP contribution in [0.2, 0.25) is 0 Å². The summed E-state index contributed by atoms with van der Waals surface area (Å²) in [6.07, 6.45) is 2.38. The fraction of sp³-hybridized carbons (Fsp3) is 0.560. The first kappa shape index (κ1) is 21.2. The summed E-state index contributed by atoms with van der Waals surface area (Å²) in [5, 5.41) is 2.28. The van der Waals surface area contributed by atoms with Crippen LogP contribution in [-0.4, -0.2) is 35.8 Å². The van der Waals surface area contributed by atoms with Gasteiger partial charge in [-0.1, -0.05) is 25.1 Å². The quantitative estimate of drug-likeness (QED) is 0.569. The molecule has 0 atom stereocenters. The molecule has 0 bridgehead atoms. The molecule has 0 radical (unpaired) electrons. The second-order valence-corrected chi connectivity index (χ2v) is 9.05. The number of likely N-dealkylation sites (tertiary alicyclic amines) is 1. The minimum Gasteiger partial charge on any atom is -0.490 e. The first-order valence-electron chi connectivity index (χ1n) is 11.1. The van der Waals surface area contributed by atoms with Crippen LogP contribution in [0.15, 0.2) is 36.4 Å². The second-order valence-electron chi connectivity index (χ2n) is 9.05. The van der Waals surface area contributed by atoms with Gasteiger partial charge < -0.3 is 4.74 Å². The van der Waals surface area contributed by atoms with Gasteiger partial charge in [-0.25, -0.2) is 8.78 Å². The van der Waals surface area contributed by atoms with Crippen LogP contribution in [0.4, 0.5) is 8.78 Å². The maximum Gasteiger partial charge on any atom is 0.250 e. The normalized spacial score (nSPS) is 23.3. The molecule has 0 aromatic heterocycles. The van der Waals surface area contributed by atoms with Crippen molar-refractivity contribution in [1.82, 2.24) is 4.90 Å². The molecule has 2 aromatic rings. The van der Waals surface area contributed by atoms with Crippen LogP contribution in [-0.2, 0) is 11.3 Å². The number of hydrogen-bond donors (Lipinski definition) is 0. The third-order valence-corrected chi connectivity index (χ3v) is 6.86. The zero-order valence-corrected chi connectivity index (χ0v) is 17.9. The highest BCUT2D eigenvalue weighted by Gasteiger charge is 2.40. The van der Waals surface area contributed by atoms with Crippen molar-refractivity contribution in [3.63, 3.8) is 0 Å². The molecule has 2 aromatic carbocycles. The topological polar surface area (TPSA) is 29.5 Å². The van der Waals surface area contributed by atoms with E-state index in [0.29, 0.717) is 25.7 Å². The van der Waals surface area contributed by atoms with Crippen LogP contribution in [0.25, 0.3) is 10.8 Å². The minimum atomic E-state index is -2.55. The van der Waals surface area contributed by atoms with E-state index in [1.54, 1.807) is 13.8 Å².